The number of carbonyl (C=O) groups excluding carboxylic acids is 2. The van der Waals surface area contributed by atoms with E-state index in [0.717, 1.165) is 0 Å². The Morgan fingerprint density at radius 3 is 2.61 bits per heavy atom. The van der Waals surface area contributed by atoms with E-state index in [2.05, 4.69) is 0 Å². The first-order valence-corrected chi connectivity index (χ1v) is 8.03. The summed E-state index contributed by atoms with van der Waals surface area (Å²) in [4.78, 5) is 26.6. The molecule has 1 unspecified atom stereocenters. The Balaban J connectivity index is 1.98. The van der Waals surface area contributed by atoms with Crippen molar-refractivity contribution in [3.05, 3.63) is 0 Å². The number of hydrogen-bond donors (Lipinski definition) is 0. The van der Waals surface area contributed by atoms with E-state index in [-0.39, 0.29) is 35.9 Å². The monoisotopic (exact) mass is 274 g/mol. The van der Waals surface area contributed by atoms with Crippen LogP contribution < -0.4 is 0 Å². The zero-order valence-corrected chi connectivity index (χ0v) is 11.3. The molecule has 0 aromatic carbocycles. The maximum Gasteiger partial charge on any atom is 0.242 e. The average molecular weight is 274 g/mol. The molecular formula is C11H18N2O4S. The maximum absolute atomic E-state index is 12.0. The van der Waals surface area contributed by atoms with E-state index in [4.69, 9.17) is 0 Å². The van der Waals surface area contributed by atoms with Crippen molar-refractivity contribution < 1.29 is 18.0 Å². The maximum atomic E-state index is 12.0. The highest BCUT2D eigenvalue weighted by Gasteiger charge is 2.37. The van der Waals surface area contributed by atoms with Crippen molar-refractivity contribution in [1.82, 2.24) is 9.80 Å². The van der Waals surface area contributed by atoms with Gasteiger partial charge in [0.1, 0.15) is 0 Å². The van der Waals surface area contributed by atoms with Crippen LogP contribution in [0.5, 0.6) is 0 Å². The van der Waals surface area contributed by atoms with Gasteiger partial charge >= 0.3 is 0 Å². The van der Waals surface area contributed by atoms with Crippen LogP contribution in [0.15, 0.2) is 0 Å². The third kappa shape index (κ3) is 2.66. The fraction of sp³-hybridized carbons (Fsp3) is 0.818. The van der Waals surface area contributed by atoms with Crippen molar-refractivity contribution in [3.8, 4) is 0 Å². The van der Waals surface area contributed by atoms with Gasteiger partial charge in [-0.1, -0.05) is 6.92 Å². The Hall–Kier alpha value is -1.11. The molecule has 2 saturated heterocycles. The molecule has 0 N–H and O–H groups in total. The molecule has 0 radical (unpaired) electrons. The molecule has 0 aromatic rings. The second kappa shape index (κ2) is 4.87. The van der Waals surface area contributed by atoms with Gasteiger partial charge in [-0.2, -0.15) is 0 Å². The first kappa shape index (κ1) is 13.3. The van der Waals surface area contributed by atoms with Crippen molar-refractivity contribution in [2.45, 2.75) is 25.8 Å². The summed E-state index contributed by atoms with van der Waals surface area (Å²) >= 11 is 0. The third-order valence-corrected chi connectivity index (χ3v) is 5.31. The van der Waals surface area contributed by atoms with E-state index in [9.17, 15) is 18.0 Å². The van der Waals surface area contributed by atoms with Gasteiger partial charge in [-0.05, 0) is 6.42 Å². The summed E-state index contributed by atoms with van der Waals surface area (Å²) in [6, 6.07) is -0.193. The summed E-state index contributed by atoms with van der Waals surface area (Å²) in [5, 5.41) is 0. The van der Waals surface area contributed by atoms with Crippen LogP contribution in [-0.4, -0.2) is 67.2 Å². The van der Waals surface area contributed by atoms with Crippen LogP contribution in [0.3, 0.4) is 0 Å². The molecule has 2 heterocycles. The Morgan fingerprint density at radius 1 is 1.39 bits per heavy atom. The molecule has 6 nitrogen and oxygen atoms in total. The van der Waals surface area contributed by atoms with E-state index < -0.39 is 9.84 Å². The lowest BCUT2D eigenvalue weighted by molar-refractivity contribution is -0.146. The molecule has 0 aliphatic carbocycles. The lowest BCUT2D eigenvalue weighted by Gasteiger charge is -2.37. The summed E-state index contributed by atoms with van der Waals surface area (Å²) in [6.45, 7) is 2.81. The highest BCUT2D eigenvalue weighted by molar-refractivity contribution is 7.91. The van der Waals surface area contributed by atoms with Crippen molar-refractivity contribution in [3.63, 3.8) is 0 Å². The van der Waals surface area contributed by atoms with Crippen LogP contribution in [-0.2, 0) is 19.4 Å². The zero-order valence-electron chi connectivity index (χ0n) is 10.5. The van der Waals surface area contributed by atoms with Crippen molar-refractivity contribution in [2.75, 3.05) is 31.1 Å². The molecule has 102 valence electrons. The molecule has 2 rings (SSSR count). The molecule has 2 aliphatic heterocycles. The van der Waals surface area contributed by atoms with Gasteiger partial charge in [0.25, 0.3) is 0 Å². The molecule has 2 amide bonds. The van der Waals surface area contributed by atoms with Crippen LogP contribution in [0.4, 0.5) is 0 Å². The lowest BCUT2D eigenvalue weighted by atomic mass is 10.2. The highest BCUT2D eigenvalue weighted by Crippen LogP contribution is 2.20. The quantitative estimate of drug-likeness (QED) is 0.664. The largest absolute Gasteiger partial charge is 0.335 e. The number of amides is 2. The minimum atomic E-state index is -2.98. The van der Waals surface area contributed by atoms with Gasteiger partial charge in [0, 0.05) is 25.6 Å². The average Bonchev–Trinajstić information content (AvgIpc) is 2.68. The number of nitrogens with zero attached hydrogens (tertiary/aromatic N) is 2. The van der Waals surface area contributed by atoms with Crippen LogP contribution in [0.1, 0.15) is 19.8 Å². The molecule has 0 saturated carbocycles. The lowest BCUT2D eigenvalue weighted by Crippen LogP contribution is -2.55. The van der Waals surface area contributed by atoms with Gasteiger partial charge in [-0.3, -0.25) is 9.59 Å². The normalized spacial score (nSPS) is 27.6. The van der Waals surface area contributed by atoms with Crippen molar-refractivity contribution >= 4 is 21.7 Å². The number of rotatable bonds is 2. The summed E-state index contributed by atoms with van der Waals surface area (Å²) in [5.41, 5.74) is 0. The molecular weight excluding hydrogens is 256 g/mol. The van der Waals surface area contributed by atoms with E-state index >= 15 is 0 Å². The summed E-state index contributed by atoms with van der Waals surface area (Å²) < 4.78 is 22.8. The standard InChI is InChI=1S/C11H18N2O4S/c1-2-10(14)12-4-5-13(11(15)7-12)9-3-6-18(16,17)8-9/h9H,2-8H2,1H3. The highest BCUT2D eigenvalue weighted by atomic mass is 32.2. The van der Waals surface area contributed by atoms with E-state index in [1.165, 1.54) is 0 Å². The van der Waals surface area contributed by atoms with Crippen molar-refractivity contribution in [2.24, 2.45) is 0 Å². The zero-order chi connectivity index (χ0) is 13.3. The Bertz CT molecular complexity index is 460. The second-order valence-electron chi connectivity index (χ2n) is 4.81. The predicted molar refractivity (Wildman–Crippen MR) is 65.6 cm³/mol. The molecule has 2 aliphatic rings. The molecule has 0 aromatic heterocycles. The molecule has 2 fully saturated rings. The molecule has 1 atom stereocenters. The first-order chi connectivity index (χ1) is 8.43. The Morgan fingerprint density at radius 2 is 2.11 bits per heavy atom. The van der Waals surface area contributed by atoms with E-state index in [1.54, 1.807) is 16.7 Å². The predicted octanol–water partition coefficient (Wildman–Crippen LogP) is -0.746. The topological polar surface area (TPSA) is 74.8 Å². The summed E-state index contributed by atoms with van der Waals surface area (Å²) in [7, 11) is -2.98. The van der Waals surface area contributed by atoms with Crippen LogP contribution in [0, 0.1) is 0 Å². The second-order valence-corrected chi connectivity index (χ2v) is 7.04. The van der Waals surface area contributed by atoms with Crippen LogP contribution >= 0.6 is 0 Å². The van der Waals surface area contributed by atoms with Crippen LogP contribution in [0.2, 0.25) is 0 Å². The number of hydrogen-bond acceptors (Lipinski definition) is 4. The Labute approximate surface area is 107 Å². The van der Waals surface area contributed by atoms with Gasteiger partial charge < -0.3 is 9.80 Å². The number of piperazine rings is 1. The van der Waals surface area contributed by atoms with Gasteiger partial charge in [-0.15, -0.1) is 0 Å². The smallest absolute Gasteiger partial charge is 0.242 e. The van der Waals surface area contributed by atoms with Gasteiger partial charge in [0.15, 0.2) is 9.84 Å². The first-order valence-electron chi connectivity index (χ1n) is 6.20. The molecule has 7 heteroatoms. The van der Waals surface area contributed by atoms with Crippen molar-refractivity contribution in [1.29, 1.82) is 0 Å². The molecule has 18 heavy (non-hydrogen) atoms. The fourth-order valence-corrected chi connectivity index (χ4v) is 4.26. The SMILES string of the molecule is CCC(=O)N1CCN(C2CCS(=O)(=O)C2)C(=O)C1. The summed E-state index contributed by atoms with van der Waals surface area (Å²) in [6.07, 6.45) is 0.918. The summed E-state index contributed by atoms with van der Waals surface area (Å²) in [5.74, 6) is 0.0756. The van der Waals surface area contributed by atoms with Gasteiger partial charge in [0.2, 0.25) is 11.8 Å². The minimum Gasteiger partial charge on any atom is -0.335 e. The van der Waals surface area contributed by atoms with E-state index in [1.807, 2.05) is 0 Å². The molecule has 0 bridgehead atoms. The fourth-order valence-electron chi connectivity index (χ4n) is 2.53. The van der Waals surface area contributed by atoms with Gasteiger partial charge in [0.05, 0.1) is 18.1 Å². The minimum absolute atomic E-state index is 0.0259. The van der Waals surface area contributed by atoms with Gasteiger partial charge in [-0.25, -0.2) is 8.42 Å². The number of sulfone groups is 1. The Kier molecular flexibility index (Phi) is 3.61. The van der Waals surface area contributed by atoms with E-state index in [0.29, 0.717) is 25.9 Å². The number of carbonyl (C=O) groups is 2. The molecule has 0 spiro atoms. The van der Waals surface area contributed by atoms with Crippen LogP contribution in [0.25, 0.3) is 0 Å². The third-order valence-electron chi connectivity index (χ3n) is 3.56.